The van der Waals surface area contributed by atoms with Crippen molar-refractivity contribution in [1.29, 1.82) is 0 Å². The Morgan fingerprint density at radius 2 is 2.13 bits per heavy atom. The van der Waals surface area contributed by atoms with E-state index < -0.39 is 5.97 Å². The Morgan fingerprint density at radius 1 is 1.30 bits per heavy atom. The minimum Gasteiger partial charge on any atom is -0.481 e. The molecule has 1 atom stereocenters. The summed E-state index contributed by atoms with van der Waals surface area (Å²) in [5.74, 6) is -0.423. The lowest BCUT2D eigenvalue weighted by Crippen LogP contribution is -2.41. The average molecular weight is 315 g/mol. The Bertz CT molecular complexity index is 710. The Labute approximate surface area is 134 Å². The highest BCUT2D eigenvalue weighted by Gasteiger charge is 2.24. The number of likely N-dealkylation sites (tertiary alicyclic amines) is 1. The molecule has 0 bridgehead atoms. The minimum absolute atomic E-state index is 0.0545. The molecule has 1 amide bonds. The third-order valence-corrected chi connectivity index (χ3v) is 4.47. The van der Waals surface area contributed by atoms with Crippen LogP contribution in [0.25, 0.3) is 10.9 Å². The maximum atomic E-state index is 12.5. The third-order valence-electron chi connectivity index (χ3n) is 4.47. The number of carboxylic acid groups (broad SMARTS) is 1. The van der Waals surface area contributed by atoms with E-state index in [1.54, 1.807) is 10.9 Å². The number of carboxylic acids is 1. The Morgan fingerprint density at radius 3 is 2.96 bits per heavy atom. The van der Waals surface area contributed by atoms with Crippen molar-refractivity contribution < 1.29 is 14.7 Å². The quantitative estimate of drug-likeness (QED) is 0.917. The minimum atomic E-state index is -0.767. The fourth-order valence-corrected chi connectivity index (χ4v) is 3.23. The Balaban J connectivity index is 1.62. The van der Waals surface area contributed by atoms with Crippen molar-refractivity contribution in [2.24, 2.45) is 5.92 Å². The van der Waals surface area contributed by atoms with Gasteiger partial charge in [0.05, 0.1) is 11.7 Å². The highest BCUT2D eigenvalue weighted by Crippen LogP contribution is 2.21. The van der Waals surface area contributed by atoms with Crippen molar-refractivity contribution in [3.8, 4) is 0 Å². The Kier molecular flexibility index (Phi) is 4.60. The topological polar surface area (TPSA) is 75.4 Å². The molecule has 3 rings (SSSR count). The second-order valence-electron chi connectivity index (χ2n) is 6.14. The van der Waals surface area contributed by atoms with Gasteiger partial charge in [-0.25, -0.2) is 0 Å². The van der Waals surface area contributed by atoms with Crippen LogP contribution in [0.5, 0.6) is 0 Å². The van der Waals surface area contributed by atoms with E-state index in [0.29, 0.717) is 13.0 Å². The predicted octanol–water partition coefficient (Wildman–Crippen LogP) is 2.14. The maximum Gasteiger partial charge on any atom is 0.303 e. The molecule has 0 spiro atoms. The van der Waals surface area contributed by atoms with E-state index in [1.165, 1.54) is 0 Å². The fraction of sp³-hybridized carbons (Fsp3) is 0.471. The van der Waals surface area contributed by atoms with Crippen LogP contribution in [0.2, 0.25) is 0 Å². The second-order valence-corrected chi connectivity index (χ2v) is 6.14. The smallest absolute Gasteiger partial charge is 0.303 e. The fourth-order valence-electron chi connectivity index (χ4n) is 3.23. The highest BCUT2D eigenvalue weighted by molar-refractivity contribution is 5.82. The number of rotatable bonds is 5. The summed E-state index contributed by atoms with van der Waals surface area (Å²) in [5.41, 5.74) is 0.959. The first-order valence-electron chi connectivity index (χ1n) is 8.03. The molecule has 2 heterocycles. The summed E-state index contributed by atoms with van der Waals surface area (Å²) in [5, 5.41) is 14.1. The third kappa shape index (κ3) is 3.70. The van der Waals surface area contributed by atoms with Gasteiger partial charge in [0.15, 0.2) is 0 Å². The number of benzene rings is 1. The van der Waals surface area contributed by atoms with Gasteiger partial charge in [0.1, 0.15) is 6.54 Å². The zero-order valence-electron chi connectivity index (χ0n) is 13.0. The van der Waals surface area contributed by atoms with Gasteiger partial charge in [-0.05, 0) is 31.2 Å². The van der Waals surface area contributed by atoms with Crippen LogP contribution in [-0.2, 0) is 16.1 Å². The van der Waals surface area contributed by atoms with Crippen LogP contribution in [0.3, 0.4) is 0 Å². The van der Waals surface area contributed by atoms with Gasteiger partial charge in [0.25, 0.3) is 0 Å². The summed E-state index contributed by atoms with van der Waals surface area (Å²) in [7, 11) is 0. The van der Waals surface area contributed by atoms with E-state index in [-0.39, 0.29) is 24.8 Å². The van der Waals surface area contributed by atoms with Crippen molar-refractivity contribution in [3.05, 3.63) is 30.5 Å². The molecule has 1 aliphatic heterocycles. The SMILES string of the molecule is O=C(O)CC[C@H]1CCCN(C(=O)Cn2ncc3ccccc32)C1. The lowest BCUT2D eigenvalue weighted by molar-refractivity contribution is -0.137. The first-order chi connectivity index (χ1) is 11.1. The number of nitrogens with zero attached hydrogens (tertiary/aromatic N) is 3. The maximum absolute atomic E-state index is 12.5. The molecule has 23 heavy (non-hydrogen) atoms. The van der Waals surface area contributed by atoms with Crippen LogP contribution in [-0.4, -0.2) is 44.8 Å². The van der Waals surface area contributed by atoms with Crippen LogP contribution in [0.15, 0.2) is 30.5 Å². The standard InChI is InChI=1S/C17H21N3O3/c21-16(12-20-15-6-2-1-5-14(15)10-18-20)19-9-3-4-13(11-19)7-8-17(22)23/h1-2,5-6,10,13H,3-4,7-9,11-12H2,(H,22,23)/t13-/m1/s1. The summed E-state index contributed by atoms with van der Waals surface area (Å²) >= 11 is 0. The van der Waals surface area contributed by atoms with Crippen molar-refractivity contribution in [3.63, 3.8) is 0 Å². The number of carbonyl (C=O) groups excluding carboxylic acids is 1. The van der Waals surface area contributed by atoms with Crippen LogP contribution in [0.4, 0.5) is 0 Å². The molecule has 0 saturated carbocycles. The monoisotopic (exact) mass is 315 g/mol. The average Bonchev–Trinajstić information content (AvgIpc) is 2.96. The van der Waals surface area contributed by atoms with Gasteiger partial charge in [-0.1, -0.05) is 18.2 Å². The van der Waals surface area contributed by atoms with Crippen LogP contribution in [0.1, 0.15) is 25.7 Å². The van der Waals surface area contributed by atoms with Gasteiger partial charge < -0.3 is 10.0 Å². The lowest BCUT2D eigenvalue weighted by atomic mass is 9.93. The van der Waals surface area contributed by atoms with E-state index in [9.17, 15) is 9.59 Å². The number of amides is 1. The molecule has 1 aromatic heterocycles. The first kappa shape index (κ1) is 15.5. The largest absolute Gasteiger partial charge is 0.481 e. The molecule has 0 unspecified atom stereocenters. The molecule has 6 nitrogen and oxygen atoms in total. The van der Waals surface area contributed by atoms with E-state index in [1.807, 2.05) is 29.2 Å². The normalized spacial score (nSPS) is 18.3. The van der Waals surface area contributed by atoms with Crippen molar-refractivity contribution >= 4 is 22.8 Å². The molecule has 1 aliphatic rings. The van der Waals surface area contributed by atoms with Gasteiger partial charge in [0.2, 0.25) is 5.91 Å². The molecule has 1 aromatic carbocycles. The molecule has 0 aliphatic carbocycles. The summed E-state index contributed by atoms with van der Waals surface area (Å²) in [6.45, 7) is 1.64. The zero-order chi connectivity index (χ0) is 16.2. The molecule has 1 saturated heterocycles. The van der Waals surface area contributed by atoms with Crippen molar-refractivity contribution in [2.75, 3.05) is 13.1 Å². The van der Waals surface area contributed by atoms with Gasteiger partial charge in [-0.15, -0.1) is 0 Å². The molecule has 0 radical (unpaired) electrons. The highest BCUT2D eigenvalue weighted by atomic mass is 16.4. The molecular formula is C17H21N3O3. The van der Waals surface area contributed by atoms with Crippen molar-refractivity contribution in [1.82, 2.24) is 14.7 Å². The van der Waals surface area contributed by atoms with Gasteiger partial charge in [-0.2, -0.15) is 5.10 Å². The molecule has 2 aromatic rings. The predicted molar refractivity (Wildman–Crippen MR) is 85.9 cm³/mol. The number of hydrogen-bond donors (Lipinski definition) is 1. The summed E-state index contributed by atoms with van der Waals surface area (Å²) < 4.78 is 1.73. The van der Waals surface area contributed by atoms with E-state index in [2.05, 4.69) is 5.10 Å². The number of aromatic nitrogens is 2. The molecule has 1 N–H and O–H groups in total. The zero-order valence-corrected chi connectivity index (χ0v) is 13.0. The van der Waals surface area contributed by atoms with E-state index in [4.69, 9.17) is 5.11 Å². The van der Waals surface area contributed by atoms with E-state index in [0.717, 1.165) is 30.3 Å². The van der Waals surface area contributed by atoms with Crippen LogP contribution >= 0.6 is 0 Å². The lowest BCUT2D eigenvalue weighted by Gasteiger charge is -2.32. The Hall–Kier alpha value is -2.37. The summed E-state index contributed by atoms with van der Waals surface area (Å²) in [4.78, 5) is 25.1. The number of piperidine rings is 1. The molecule has 122 valence electrons. The summed E-state index contributed by atoms with van der Waals surface area (Å²) in [6, 6.07) is 7.83. The number of hydrogen-bond acceptors (Lipinski definition) is 3. The first-order valence-corrected chi connectivity index (χ1v) is 8.03. The molecular weight excluding hydrogens is 294 g/mol. The number of aliphatic carboxylic acids is 1. The molecule has 6 heteroatoms. The number of carbonyl (C=O) groups is 2. The molecule has 1 fully saturated rings. The van der Waals surface area contributed by atoms with Gasteiger partial charge in [0, 0.05) is 24.9 Å². The van der Waals surface area contributed by atoms with Gasteiger partial charge in [-0.3, -0.25) is 14.3 Å². The second kappa shape index (κ2) is 6.81. The van der Waals surface area contributed by atoms with Crippen LogP contribution < -0.4 is 0 Å². The van der Waals surface area contributed by atoms with Crippen LogP contribution in [0, 0.1) is 5.92 Å². The summed E-state index contributed by atoms with van der Waals surface area (Å²) in [6.07, 6.45) is 4.53. The van der Waals surface area contributed by atoms with Crippen molar-refractivity contribution in [2.45, 2.75) is 32.2 Å². The number of fused-ring (bicyclic) bond motifs is 1. The van der Waals surface area contributed by atoms with Gasteiger partial charge >= 0.3 is 5.97 Å². The van der Waals surface area contributed by atoms with E-state index >= 15 is 0 Å². The number of para-hydroxylation sites is 1.